The van der Waals surface area contributed by atoms with E-state index in [0.717, 1.165) is 24.7 Å². The van der Waals surface area contributed by atoms with Crippen LogP contribution in [-0.4, -0.2) is 39.8 Å². The number of nitrogens with zero attached hydrogens (tertiary/aromatic N) is 5. The maximum Gasteiger partial charge on any atom is 0.230 e. The zero-order valence-electron chi connectivity index (χ0n) is 22.9. The standard InChI is InChI=1S/C29H30F2N6O2S/c1-6-17-13-28(2,3)29(4,27-19(17)12-22(35-36-27)26-20(30)8-7-9-21(26)31)24-16-32-15-23(34-24)18-10-11-25(33-14-18)37-40(5,38)39/h7-12,14-17H,6,13H2,1-5H3,(H,33,37)/t17-,29+/m1/s1. The average Bonchev–Trinajstić information content (AvgIpc) is 2.90. The molecule has 8 nitrogen and oxygen atoms in total. The molecule has 1 aromatic carbocycles. The molecule has 0 saturated carbocycles. The van der Waals surface area contributed by atoms with Crippen molar-refractivity contribution in [1.82, 2.24) is 25.1 Å². The lowest BCUT2D eigenvalue weighted by molar-refractivity contribution is 0.152. The molecule has 0 unspecified atom stereocenters. The predicted molar refractivity (Wildman–Crippen MR) is 149 cm³/mol. The molecule has 2 atom stereocenters. The Kier molecular flexibility index (Phi) is 6.89. The van der Waals surface area contributed by atoms with Crippen molar-refractivity contribution in [2.24, 2.45) is 5.41 Å². The highest BCUT2D eigenvalue weighted by Crippen LogP contribution is 2.56. The molecule has 4 aromatic rings. The second-order valence-corrected chi connectivity index (χ2v) is 12.8. The number of anilines is 1. The summed E-state index contributed by atoms with van der Waals surface area (Å²) < 4.78 is 54.7. The highest BCUT2D eigenvalue weighted by atomic mass is 32.2. The quantitative estimate of drug-likeness (QED) is 0.312. The first-order chi connectivity index (χ1) is 18.8. The zero-order chi connectivity index (χ0) is 28.9. The minimum Gasteiger partial charge on any atom is -0.268 e. The molecule has 1 N–H and O–H groups in total. The third kappa shape index (κ3) is 4.83. The van der Waals surface area contributed by atoms with E-state index < -0.39 is 27.1 Å². The molecule has 40 heavy (non-hydrogen) atoms. The van der Waals surface area contributed by atoms with Crippen LogP contribution < -0.4 is 4.72 Å². The SMILES string of the molecule is CC[C@@H]1CC(C)(C)[C@@](C)(c2cncc(-c3ccc(NS(C)(=O)=O)nc3)n2)c2nnc(-c3c(F)cccc3F)cc21. The third-order valence-corrected chi connectivity index (χ3v) is 8.63. The van der Waals surface area contributed by atoms with E-state index >= 15 is 0 Å². The summed E-state index contributed by atoms with van der Waals surface area (Å²) in [6, 6.07) is 8.80. The van der Waals surface area contributed by atoms with Crippen LogP contribution in [0.1, 0.15) is 63.4 Å². The Hall–Kier alpha value is -3.86. The lowest BCUT2D eigenvalue weighted by atomic mass is 9.54. The molecule has 0 amide bonds. The molecule has 0 saturated heterocycles. The summed E-state index contributed by atoms with van der Waals surface area (Å²) >= 11 is 0. The Bertz CT molecular complexity index is 1680. The lowest BCUT2D eigenvalue weighted by Gasteiger charge is -2.50. The van der Waals surface area contributed by atoms with Crippen molar-refractivity contribution >= 4 is 15.8 Å². The van der Waals surface area contributed by atoms with E-state index in [9.17, 15) is 17.2 Å². The Labute approximate surface area is 232 Å². The molecule has 11 heteroatoms. The number of hydrogen-bond acceptors (Lipinski definition) is 7. The van der Waals surface area contributed by atoms with E-state index in [-0.39, 0.29) is 28.4 Å². The predicted octanol–water partition coefficient (Wildman–Crippen LogP) is 5.87. The summed E-state index contributed by atoms with van der Waals surface area (Å²) in [6.07, 6.45) is 7.53. The van der Waals surface area contributed by atoms with Gasteiger partial charge in [0.05, 0.1) is 46.2 Å². The van der Waals surface area contributed by atoms with E-state index in [1.165, 1.54) is 24.4 Å². The van der Waals surface area contributed by atoms with Crippen molar-refractivity contribution in [3.8, 4) is 22.5 Å². The smallest absolute Gasteiger partial charge is 0.230 e. The van der Waals surface area contributed by atoms with Crippen LogP contribution in [0.3, 0.4) is 0 Å². The molecule has 0 fully saturated rings. The largest absolute Gasteiger partial charge is 0.268 e. The van der Waals surface area contributed by atoms with Crippen LogP contribution in [0.25, 0.3) is 22.5 Å². The normalized spacial score (nSPS) is 20.1. The summed E-state index contributed by atoms with van der Waals surface area (Å²) in [4.78, 5) is 13.6. The maximum atomic E-state index is 14.6. The number of benzene rings is 1. The minimum absolute atomic E-state index is 0.109. The topological polar surface area (TPSA) is 111 Å². The van der Waals surface area contributed by atoms with Crippen LogP contribution in [0, 0.1) is 17.0 Å². The number of aromatic nitrogens is 5. The van der Waals surface area contributed by atoms with Crippen molar-refractivity contribution in [2.75, 3.05) is 11.0 Å². The van der Waals surface area contributed by atoms with Gasteiger partial charge in [0.25, 0.3) is 0 Å². The summed E-state index contributed by atoms with van der Waals surface area (Å²) in [5.74, 6) is -1.07. The van der Waals surface area contributed by atoms with Crippen molar-refractivity contribution in [1.29, 1.82) is 0 Å². The van der Waals surface area contributed by atoms with Gasteiger partial charge in [0, 0.05) is 18.0 Å². The van der Waals surface area contributed by atoms with E-state index in [0.29, 0.717) is 22.6 Å². The second-order valence-electron chi connectivity index (χ2n) is 11.0. The Morgan fingerprint density at radius 2 is 1.73 bits per heavy atom. The van der Waals surface area contributed by atoms with Crippen LogP contribution in [-0.2, 0) is 15.4 Å². The first-order valence-corrected chi connectivity index (χ1v) is 14.8. The number of hydrogen-bond donors (Lipinski definition) is 1. The van der Waals surface area contributed by atoms with Gasteiger partial charge in [-0.2, -0.15) is 5.10 Å². The van der Waals surface area contributed by atoms with Gasteiger partial charge in [-0.3, -0.25) is 9.71 Å². The monoisotopic (exact) mass is 564 g/mol. The molecule has 0 bridgehead atoms. The van der Waals surface area contributed by atoms with Crippen LogP contribution >= 0.6 is 0 Å². The number of halogens is 2. The molecule has 3 aromatic heterocycles. The first kappa shape index (κ1) is 27.7. The van der Waals surface area contributed by atoms with Crippen LogP contribution in [0.4, 0.5) is 14.6 Å². The number of rotatable bonds is 6. The maximum absolute atomic E-state index is 14.6. The highest BCUT2D eigenvalue weighted by molar-refractivity contribution is 7.92. The molecule has 3 heterocycles. The van der Waals surface area contributed by atoms with Gasteiger partial charge in [-0.05, 0) is 67.0 Å². The molecule has 208 valence electrons. The number of nitrogens with one attached hydrogen (secondary N) is 1. The summed E-state index contributed by atoms with van der Waals surface area (Å²) in [7, 11) is -3.45. The van der Waals surface area contributed by atoms with Crippen molar-refractivity contribution in [2.45, 2.75) is 51.9 Å². The van der Waals surface area contributed by atoms with Gasteiger partial charge in [0.1, 0.15) is 17.5 Å². The first-order valence-electron chi connectivity index (χ1n) is 12.9. The zero-order valence-corrected chi connectivity index (χ0v) is 23.7. The van der Waals surface area contributed by atoms with Gasteiger partial charge in [0.15, 0.2) is 0 Å². The fourth-order valence-corrected chi connectivity index (χ4v) is 6.10. The molecule has 0 aliphatic heterocycles. The molecule has 1 aliphatic rings. The Morgan fingerprint density at radius 3 is 2.35 bits per heavy atom. The second kappa shape index (κ2) is 9.96. The van der Waals surface area contributed by atoms with Crippen LogP contribution in [0.15, 0.2) is 55.0 Å². The van der Waals surface area contributed by atoms with Gasteiger partial charge < -0.3 is 0 Å². The summed E-state index contributed by atoms with van der Waals surface area (Å²) in [6.45, 7) is 8.46. The highest BCUT2D eigenvalue weighted by Gasteiger charge is 2.52. The van der Waals surface area contributed by atoms with E-state index in [4.69, 9.17) is 4.98 Å². The molecule has 0 spiro atoms. The van der Waals surface area contributed by atoms with Crippen molar-refractivity contribution in [3.05, 3.63) is 83.6 Å². The van der Waals surface area contributed by atoms with Crippen molar-refractivity contribution in [3.63, 3.8) is 0 Å². The Morgan fingerprint density at radius 1 is 1.00 bits per heavy atom. The fraction of sp³-hybridized carbons (Fsp3) is 0.345. The molecular formula is C29H30F2N6O2S. The van der Waals surface area contributed by atoms with Gasteiger partial charge in [-0.15, -0.1) is 5.10 Å². The Balaban J connectivity index is 1.62. The lowest BCUT2D eigenvalue weighted by Crippen LogP contribution is -2.47. The minimum atomic E-state index is -3.45. The third-order valence-electron chi connectivity index (χ3n) is 8.05. The molecule has 0 radical (unpaired) electrons. The van der Waals surface area contributed by atoms with E-state index in [1.54, 1.807) is 30.6 Å². The van der Waals surface area contributed by atoms with E-state index in [1.807, 2.05) is 0 Å². The fourth-order valence-electron chi connectivity index (χ4n) is 5.60. The summed E-state index contributed by atoms with van der Waals surface area (Å²) in [5.41, 5.74) is 2.39. The number of fused-ring (bicyclic) bond motifs is 1. The summed E-state index contributed by atoms with van der Waals surface area (Å²) in [5, 5.41) is 8.94. The average molecular weight is 565 g/mol. The van der Waals surface area contributed by atoms with Crippen molar-refractivity contribution < 1.29 is 17.2 Å². The number of sulfonamides is 1. The van der Waals surface area contributed by atoms with Crippen LogP contribution in [0.5, 0.6) is 0 Å². The van der Waals surface area contributed by atoms with Gasteiger partial charge >= 0.3 is 0 Å². The number of pyridine rings is 1. The van der Waals surface area contributed by atoms with E-state index in [2.05, 4.69) is 52.6 Å². The van der Waals surface area contributed by atoms with Gasteiger partial charge in [0.2, 0.25) is 10.0 Å². The van der Waals surface area contributed by atoms with Crippen LogP contribution in [0.2, 0.25) is 0 Å². The molecular weight excluding hydrogens is 534 g/mol. The van der Waals surface area contributed by atoms with Gasteiger partial charge in [-0.1, -0.05) is 26.8 Å². The molecule has 1 aliphatic carbocycles. The van der Waals surface area contributed by atoms with Gasteiger partial charge in [-0.25, -0.2) is 27.2 Å². The molecule has 5 rings (SSSR count).